The zero-order chi connectivity index (χ0) is 12.4. The first-order valence-electron chi connectivity index (χ1n) is 5.18. The first-order chi connectivity index (χ1) is 7.67. The maximum atomic E-state index is 11.7. The van der Waals surface area contributed by atoms with Gasteiger partial charge >= 0.3 is 0 Å². The number of rotatable bonds is 8. The molecule has 0 atom stereocenters. The summed E-state index contributed by atoms with van der Waals surface area (Å²) in [6, 6.07) is 0. The number of halogens is 3. The van der Waals surface area contributed by atoms with Gasteiger partial charge in [0.15, 0.2) is 0 Å². The molecule has 0 saturated heterocycles. The van der Waals surface area contributed by atoms with Crippen molar-refractivity contribution in [2.24, 2.45) is 0 Å². The maximum Gasteiger partial charge on any atom is 0.229 e. The van der Waals surface area contributed by atoms with E-state index in [0.29, 0.717) is 24.6 Å². The molecule has 0 aliphatic heterocycles. The van der Waals surface area contributed by atoms with Crippen LogP contribution in [0.1, 0.15) is 25.7 Å². The summed E-state index contributed by atoms with van der Waals surface area (Å²) in [6.45, 7) is 0.254. The van der Waals surface area contributed by atoms with Gasteiger partial charge in [-0.2, -0.15) is 0 Å². The van der Waals surface area contributed by atoms with E-state index in [-0.39, 0.29) is 37.1 Å². The van der Waals surface area contributed by atoms with Crippen molar-refractivity contribution in [3.63, 3.8) is 0 Å². The van der Waals surface area contributed by atoms with Crippen LogP contribution in [-0.4, -0.2) is 40.9 Å². The van der Waals surface area contributed by atoms with Crippen molar-refractivity contribution in [3.8, 4) is 0 Å². The number of hydrogen-bond acceptors (Lipinski definition) is 2. The van der Waals surface area contributed by atoms with Gasteiger partial charge in [0, 0.05) is 37.0 Å². The lowest BCUT2D eigenvalue weighted by Gasteiger charge is -2.19. The van der Waals surface area contributed by atoms with Crippen LogP contribution in [0.15, 0.2) is 0 Å². The molecule has 0 fully saturated rings. The number of nitrogens with zero attached hydrogens (tertiary/aromatic N) is 1. The molecule has 0 spiro atoms. The Labute approximate surface area is 111 Å². The number of hydrogen-bond donors (Lipinski definition) is 0. The standard InChI is InChI=1S/C10H16Cl3NO2/c11-5-1-3-9(15)14(8-7-13)10(16)4-2-6-12/h1-8H2. The van der Waals surface area contributed by atoms with Gasteiger partial charge in [-0.15, -0.1) is 34.8 Å². The van der Waals surface area contributed by atoms with Crippen LogP contribution in [0.5, 0.6) is 0 Å². The summed E-state index contributed by atoms with van der Waals surface area (Å²) in [5.41, 5.74) is 0. The molecular weight excluding hydrogens is 272 g/mol. The van der Waals surface area contributed by atoms with Crippen LogP contribution < -0.4 is 0 Å². The lowest BCUT2D eigenvalue weighted by Crippen LogP contribution is -2.38. The first-order valence-corrected chi connectivity index (χ1v) is 6.78. The Hall–Kier alpha value is 0.01000. The predicted octanol–water partition coefficient (Wildman–Crippen LogP) is 2.62. The molecule has 0 radical (unpaired) electrons. The Balaban J connectivity index is 4.22. The lowest BCUT2D eigenvalue weighted by atomic mass is 10.2. The van der Waals surface area contributed by atoms with E-state index in [2.05, 4.69) is 0 Å². The fourth-order valence-electron chi connectivity index (χ4n) is 1.18. The average molecular weight is 289 g/mol. The van der Waals surface area contributed by atoms with Gasteiger partial charge in [-0.05, 0) is 12.8 Å². The largest absolute Gasteiger partial charge is 0.281 e. The van der Waals surface area contributed by atoms with Crippen molar-refractivity contribution < 1.29 is 9.59 Å². The highest BCUT2D eigenvalue weighted by molar-refractivity contribution is 6.18. The molecule has 3 nitrogen and oxygen atoms in total. The molecule has 2 amide bonds. The monoisotopic (exact) mass is 287 g/mol. The zero-order valence-corrected chi connectivity index (χ0v) is 11.3. The summed E-state index contributed by atoms with van der Waals surface area (Å²) in [5, 5.41) is 0. The molecule has 94 valence electrons. The van der Waals surface area contributed by atoms with Crippen molar-refractivity contribution in [2.75, 3.05) is 24.2 Å². The Kier molecular flexibility index (Phi) is 10.2. The molecule has 0 rings (SSSR count). The molecule has 6 heteroatoms. The van der Waals surface area contributed by atoms with Crippen molar-refractivity contribution >= 4 is 46.6 Å². The molecule has 0 aromatic carbocycles. The summed E-state index contributed by atoms with van der Waals surface area (Å²) in [6.07, 6.45) is 1.71. The number of alkyl halides is 3. The van der Waals surface area contributed by atoms with Gasteiger partial charge in [-0.3, -0.25) is 14.5 Å². The van der Waals surface area contributed by atoms with E-state index in [1.54, 1.807) is 0 Å². The van der Waals surface area contributed by atoms with Gasteiger partial charge in [0.05, 0.1) is 0 Å². The molecule has 0 N–H and O–H groups in total. The third-order valence-corrected chi connectivity index (χ3v) is 2.66. The second-order valence-electron chi connectivity index (χ2n) is 3.21. The average Bonchev–Trinajstić information content (AvgIpc) is 2.29. The van der Waals surface area contributed by atoms with Crippen molar-refractivity contribution in [1.29, 1.82) is 0 Å². The molecule has 0 unspecified atom stereocenters. The highest BCUT2D eigenvalue weighted by atomic mass is 35.5. The van der Waals surface area contributed by atoms with Crippen molar-refractivity contribution in [1.82, 2.24) is 4.90 Å². The van der Waals surface area contributed by atoms with Gasteiger partial charge in [0.2, 0.25) is 11.8 Å². The molecule has 0 heterocycles. The minimum atomic E-state index is -0.208. The number of imide groups is 1. The zero-order valence-electron chi connectivity index (χ0n) is 9.05. The SMILES string of the molecule is O=C(CCCCl)N(CCCl)C(=O)CCCCl. The van der Waals surface area contributed by atoms with Gasteiger partial charge in [-0.25, -0.2) is 0 Å². The van der Waals surface area contributed by atoms with Crippen LogP contribution in [0.2, 0.25) is 0 Å². The van der Waals surface area contributed by atoms with Gasteiger partial charge < -0.3 is 0 Å². The van der Waals surface area contributed by atoms with Crippen LogP contribution >= 0.6 is 34.8 Å². The topological polar surface area (TPSA) is 37.4 Å². The minimum absolute atomic E-state index is 0.208. The van der Waals surface area contributed by atoms with Crippen LogP contribution in [0.25, 0.3) is 0 Å². The van der Waals surface area contributed by atoms with Crippen LogP contribution in [0.4, 0.5) is 0 Å². The van der Waals surface area contributed by atoms with Gasteiger partial charge in [0.25, 0.3) is 0 Å². The summed E-state index contributed by atoms with van der Waals surface area (Å²) < 4.78 is 0. The summed E-state index contributed by atoms with van der Waals surface area (Å²) >= 11 is 16.5. The number of carbonyl (C=O) groups excluding carboxylic acids is 2. The normalized spacial score (nSPS) is 10.2. The molecule has 16 heavy (non-hydrogen) atoms. The minimum Gasteiger partial charge on any atom is -0.281 e. The van der Waals surface area contributed by atoms with E-state index >= 15 is 0 Å². The number of amides is 2. The van der Waals surface area contributed by atoms with Gasteiger partial charge in [0.1, 0.15) is 0 Å². The molecular formula is C10H16Cl3NO2. The Bertz CT molecular complexity index is 204. The third-order valence-electron chi connectivity index (χ3n) is 1.96. The summed E-state index contributed by atoms with van der Waals surface area (Å²) in [5.74, 6) is 0.660. The quantitative estimate of drug-likeness (QED) is 0.644. The Morgan fingerprint density at radius 2 is 1.25 bits per heavy atom. The second-order valence-corrected chi connectivity index (χ2v) is 4.35. The van der Waals surface area contributed by atoms with E-state index in [1.165, 1.54) is 4.90 Å². The van der Waals surface area contributed by atoms with Crippen molar-refractivity contribution in [2.45, 2.75) is 25.7 Å². The molecule has 0 aliphatic rings. The Morgan fingerprint density at radius 1 is 0.812 bits per heavy atom. The van der Waals surface area contributed by atoms with E-state index in [1.807, 2.05) is 0 Å². The van der Waals surface area contributed by atoms with E-state index in [4.69, 9.17) is 34.8 Å². The predicted molar refractivity (Wildman–Crippen MR) is 67.3 cm³/mol. The smallest absolute Gasteiger partial charge is 0.229 e. The van der Waals surface area contributed by atoms with E-state index in [0.717, 1.165) is 0 Å². The van der Waals surface area contributed by atoms with Crippen LogP contribution in [-0.2, 0) is 9.59 Å². The molecule has 0 saturated carbocycles. The van der Waals surface area contributed by atoms with Crippen LogP contribution in [0.3, 0.4) is 0 Å². The van der Waals surface area contributed by atoms with Gasteiger partial charge in [-0.1, -0.05) is 0 Å². The Morgan fingerprint density at radius 3 is 1.56 bits per heavy atom. The molecule has 0 aliphatic carbocycles. The summed E-state index contributed by atoms with van der Waals surface area (Å²) in [4.78, 5) is 24.5. The fraction of sp³-hybridized carbons (Fsp3) is 0.800. The first kappa shape index (κ1) is 16.0. The lowest BCUT2D eigenvalue weighted by molar-refractivity contribution is -0.144. The summed E-state index contributed by atoms with van der Waals surface area (Å²) in [7, 11) is 0. The molecule has 0 bridgehead atoms. The fourth-order valence-corrected chi connectivity index (χ4v) is 1.62. The van der Waals surface area contributed by atoms with E-state index in [9.17, 15) is 9.59 Å². The third kappa shape index (κ3) is 6.56. The van der Waals surface area contributed by atoms with Crippen molar-refractivity contribution in [3.05, 3.63) is 0 Å². The maximum absolute atomic E-state index is 11.7. The molecule has 0 aromatic heterocycles. The van der Waals surface area contributed by atoms with Crippen LogP contribution in [0, 0.1) is 0 Å². The second kappa shape index (κ2) is 10.2. The highest BCUT2D eigenvalue weighted by Crippen LogP contribution is 2.05. The van der Waals surface area contributed by atoms with E-state index < -0.39 is 0 Å². The molecule has 0 aromatic rings. The highest BCUT2D eigenvalue weighted by Gasteiger charge is 2.19. The number of carbonyl (C=O) groups is 2.